The molecule has 0 bridgehead atoms. The molecule has 13 heavy (non-hydrogen) atoms. The molecule has 2 aliphatic rings. The van der Waals surface area contributed by atoms with Gasteiger partial charge in [-0.1, -0.05) is 23.8 Å². The summed E-state index contributed by atoms with van der Waals surface area (Å²) in [5, 5.41) is 0. The van der Waals surface area contributed by atoms with Gasteiger partial charge in [-0.05, 0) is 45.2 Å². The predicted octanol–water partition coefficient (Wildman–Crippen LogP) is 2.60. The van der Waals surface area contributed by atoms with Gasteiger partial charge in [0.15, 0.2) is 0 Å². The second-order valence-electron chi connectivity index (χ2n) is 4.31. The summed E-state index contributed by atoms with van der Waals surface area (Å²) >= 11 is 0. The highest BCUT2D eigenvalue weighted by Crippen LogP contribution is 2.27. The molecule has 0 radical (unpaired) electrons. The van der Waals surface area contributed by atoms with Crippen LogP contribution in [0.5, 0.6) is 0 Å². The van der Waals surface area contributed by atoms with Crippen molar-refractivity contribution in [1.29, 1.82) is 0 Å². The van der Waals surface area contributed by atoms with Crippen LogP contribution < -0.4 is 0 Å². The smallest absolute Gasteiger partial charge is 0.00441 e. The van der Waals surface area contributed by atoms with Gasteiger partial charge >= 0.3 is 0 Å². The van der Waals surface area contributed by atoms with Gasteiger partial charge in [-0.3, -0.25) is 0 Å². The second-order valence-corrected chi connectivity index (χ2v) is 4.31. The Labute approximate surface area is 81.1 Å². The molecule has 1 aliphatic heterocycles. The summed E-state index contributed by atoms with van der Waals surface area (Å²) in [4.78, 5) is 2.47. The second kappa shape index (κ2) is 4.10. The van der Waals surface area contributed by atoms with Gasteiger partial charge in [0.1, 0.15) is 0 Å². The average Bonchev–Trinajstić information content (AvgIpc) is 2.19. The van der Waals surface area contributed by atoms with Crippen LogP contribution in [0.4, 0.5) is 0 Å². The first-order valence-electron chi connectivity index (χ1n) is 5.40. The molecule has 1 heteroatoms. The Morgan fingerprint density at radius 2 is 2.38 bits per heavy atom. The number of hydrogen-bond acceptors (Lipinski definition) is 1. The van der Waals surface area contributed by atoms with Crippen LogP contribution in [0.2, 0.25) is 0 Å². The van der Waals surface area contributed by atoms with Crippen molar-refractivity contribution in [2.45, 2.75) is 25.7 Å². The van der Waals surface area contributed by atoms with Crippen molar-refractivity contribution in [2.75, 3.05) is 20.1 Å². The lowest BCUT2D eigenvalue weighted by atomic mass is 9.86. The normalized spacial score (nSPS) is 30.2. The zero-order chi connectivity index (χ0) is 9.10. The lowest BCUT2D eigenvalue weighted by Gasteiger charge is -2.31. The van der Waals surface area contributed by atoms with E-state index in [0.29, 0.717) is 0 Å². The van der Waals surface area contributed by atoms with E-state index >= 15 is 0 Å². The van der Waals surface area contributed by atoms with Gasteiger partial charge in [0.25, 0.3) is 0 Å². The Hall–Kier alpha value is -0.560. The summed E-state index contributed by atoms with van der Waals surface area (Å²) in [7, 11) is 2.24. The maximum absolute atomic E-state index is 2.47. The van der Waals surface area contributed by atoms with Gasteiger partial charge < -0.3 is 4.90 Å². The van der Waals surface area contributed by atoms with Gasteiger partial charge in [-0.25, -0.2) is 0 Å². The number of likely N-dealkylation sites (tertiary alicyclic amines) is 1. The van der Waals surface area contributed by atoms with Gasteiger partial charge in [0.05, 0.1) is 0 Å². The summed E-state index contributed by atoms with van der Waals surface area (Å²) < 4.78 is 0. The molecule has 2 rings (SSSR count). The van der Waals surface area contributed by atoms with E-state index in [1.54, 1.807) is 5.57 Å². The highest BCUT2D eigenvalue weighted by Gasteiger charge is 2.20. The fourth-order valence-corrected chi connectivity index (χ4v) is 2.43. The van der Waals surface area contributed by atoms with E-state index in [-0.39, 0.29) is 0 Å². The van der Waals surface area contributed by atoms with E-state index in [0.717, 1.165) is 5.92 Å². The Bertz CT molecular complexity index is 227. The molecule has 1 fully saturated rings. The fraction of sp³-hybridized carbons (Fsp3) is 0.667. The summed E-state index contributed by atoms with van der Waals surface area (Å²) in [6.45, 7) is 2.57. The number of rotatable bonds is 1. The molecule has 0 saturated carbocycles. The topological polar surface area (TPSA) is 3.24 Å². The first-order chi connectivity index (χ1) is 6.36. The minimum Gasteiger partial charge on any atom is -0.306 e. The SMILES string of the molecule is CN1CCCC(C2=CC=CCC2)C1. The van der Waals surface area contributed by atoms with E-state index in [1.165, 1.54) is 38.8 Å². The van der Waals surface area contributed by atoms with Crippen molar-refractivity contribution in [3.05, 3.63) is 23.8 Å². The Morgan fingerprint density at radius 3 is 3.08 bits per heavy atom. The Kier molecular flexibility index (Phi) is 2.84. The van der Waals surface area contributed by atoms with E-state index < -0.39 is 0 Å². The summed E-state index contributed by atoms with van der Waals surface area (Å²) in [5.74, 6) is 0.851. The fourth-order valence-electron chi connectivity index (χ4n) is 2.43. The van der Waals surface area contributed by atoms with Crippen LogP contribution in [0.15, 0.2) is 23.8 Å². The first-order valence-corrected chi connectivity index (χ1v) is 5.40. The van der Waals surface area contributed by atoms with E-state index in [9.17, 15) is 0 Å². The van der Waals surface area contributed by atoms with Crippen molar-refractivity contribution < 1.29 is 0 Å². The molecular weight excluding hydrogens is 158 g/mol. The average molecular weight is 177 g/mol. The molecule has 1 atom stereocenters. The number of allylic oxidation sites excluding steroid dienone is 3. The van der Waals surface area contributed by atoms with Gasteiger partial charge in [-0.2, -0.15) is 0 Å². The standard InChI is InChI=1S/C12H19N/c1-13-9-5-8-12(10-13)11-6-3-2-4-7-11/h2-3,6,12H,4-5,7-10H2,1H3. The third kappa shape index (κ3) is 2.22. The molecule has 0 spiro atoms. The van der Waals surface area contributed by atoms with Crippen LogP contribution in [0.25, 0.3) is 0 Å². The van der Waals surface area contributed by atoms with Crippen molar-refractivity contribution >= 4 is 0 Å². The lowest BCUT2D eigenvalue weighted by Crippen LogP contribution is -2.33. The van der Waals surface area contributed by atoms with Crippen LogP contribution in [0.3, 0.4) is 0 Å². The van der Waals surface area contributed by atoms with Gasteiger partial charge in [0, 0.05) is 6.54 Å². The summed E-state index contributed by atoms with van der Waals surface area (Å²) in [5.41, 5.74) is 1.69. The zero-order valence-corrected chi connectivity index (χ0v) is 8.50. The summed E-state index contributed by atoms with van der Waals surface area (Å²) in [6.07, 6.45) is 12.2. The molecule has 1 unspecified atom stereocenters. The molecule has 1 nitrogen and oxygen atoms in total. The van der Waals surface area contributed by atoms with Crippen LogP contribution in [-0.4, -0.2) is 25.0 Å². The van der Waals surface area contributed by atoms with E-state index in [1.807, 2.05) is 0 Å². The van der Waals surface area contributed by atoms with Gasteiger partial charge in [-0.15, -0.1) is 0 Å². The van der Waals surface area contributed by atoms with Crippen LogP contribution in [0.1, 0.15) is 25.7 Å². The Morgan fingerprint density at radius 1 is 1.46 bits per heavy atom. The molecule has 0 N–H and O–H groups in total. The molecular formula is C12H19N. The number of nitrogens with zero attached hydrogens (tertiary/aromatic N) is 1. The quantitative estimate of drug-likeness (QED) is 0.595. The largest absolute Gasteiger partial charge is 0.306 e. The monoisotopic (exact) mass is 177 g/mol. The summed E-state index contributed by atoms with van der Waals surface area (Å²) in [6, 6.07) is 0. The first kappa shape index (κ1) is 9.01. The highest BCUT2D eigenvalue weighted by atomic mass is 15.1. The molecule has 72 valence electrons. The zero-order valence-electron chi connectivity index (χ0n) is 8.50. The van der Waals surface area contributed by atoms with E-state index in [4.69, 9.17) is 0 Å². The van der Waals surface area contributed by atoms with Crippen LogP contribution in [0, 0.1) is 5.92 Å². The van der Waals surface area contributed by atoms with Crippen molar-refractivity contribution in [1.82, 2.24) is 4.90 Å². The molecule has 1 aliphatic carbocycles. The molecule has 1 saturated heterocycles. The van der Waals surface area contributed by atoms with Crippen molar-refractivity contribution in [3.63, 3.8) is 0 Å². The maximum atomic E-state index is 2.47. The van der Waals surface area contributed by atoms with Crippen LogP contribution in [-0.2, 0) is 0 Å². The lowest BCUT2D eigenvalue weighted by molar-refractivity contribution is 0.228. The molecule has 1 heterocycles. The van der Waals surface area contributed by atoms with Crippen molar-refractivity contribution in [2.24, 2.45) is 5.92 Å². The van der Waals surface area contributed by atoms with Crippen LogP contribution >= 0.6 is 0 Å². The number of piperidine rings is 1. The van der Waals surface area contributed by atoms with Crippen molar-refractivity contribution in [3.8, 4) is 0 Å². The third-order valence-electron chi connectivity index (χ3n) is 3.19. The molecule has 0 aromatic heterocycles. The minimum absolute atomic E-state index is 0.851. The number of hydrogen-bond donors (Lipinski definition) is 0. The Balaban J connectivity index is 1.98. The maximum Gasteiger partial charge on any atom is 0.00441 e. The highest BCUT2D eigenvalue weighted by molar-refractivity contribution is 5.20. The predicted molar refractivity (Wildman–Crippen MR) is 56.7 cm³/mol. The third-order valence-corrected chi connectivity index (χ3v) is 3.19. The minimum atomic E-state index is 0.851. The van der Waals surface area contributed by atoms with Gasteiger partial charge in [0.2, 0.25) is 0 Å². The van der Waals surface area contributed by atoms with E-state index in [2.05, 4.69) is 30.2 Å². The molecule has 0 aromatic carbocycles. The molecule has 0 aromatic rings. The molecule has 0 amide bonds.